The average Bonchev–Trinajstić information content (AvgIpc) is 2.74. The van der Waals surface area contributed by atoms with E-state index >= 15 is 0 Å². The van der Waals surface area contributed by atoms with Crippen molar-refractivity contribution in [3.8, 4) is 0 Å². The lowest BCUT2D eigenvalue weighted by Crippen LogP contribution is -3.00. The number of hydrogen-bond acceptors (Lipinski definition) is 0. The highest BCUT2D eigenvalue weighted by atomic mass is 35.5. The van der Waals surface area contributed by atoms with Crippen LogP contribution >= 0.6 is 23.2 Å². The molecular formula is C27H48Cl3N. The van der Waals surface area contributed by atoms with Gasteiger partial charge in [0.15, 0.2) is 0 Å². The summed E-state index contributed by atoms with van der Waals surface area (Å²) in [5.74, 6) is 0. The van der Waals surface area contributed by atoms with Crippen LogP contribution in [0.3, 0.4) is 0 Å². The number of hydrogen-bond donors (Lipinski definition) is 0. The third-order valence-electron chi connectivity index (χ3n) is 6.45. The Labute approximate surface area is 210 Å². The summed E-state index contributed by atoms with van der Waals surface area (Å²) in [6, 6.07) is 10.1. The summed E-state index contributed by atoms with van der Waals surface area (Å²) in [6.45, 7) is 3.29. The summed E-state index contributed by atoms with van der Waals surface area (Å²) < 4.78 is -0.296. The second-order valence-corrected chi connectivity index (χ2v) is 10.9. The fourth-order valence-corrected chi connectivity index (χ4v) is 4.60. The predicted octanol–water partition coefficient (Wildman–Crippen LogP) is 6.62. The normalized spacial score (nSPS) is 12.0. The SMILES string of the molecule is CCCCCCCCCCCCCCCCCC[N+](C)(C)C(Cl)(Cl)c1ccccc1.[Cl-]. The van der Waals surface area contributed by atoms with Crippen molar-refractivity contribution in [1.82, 2.24) is 0 Å². The first-order chi connectivity index (χ1) is 14.4. The zero-order valence-corrected chi connectivity index (χ0v) is 22.8. The van der Waals surface area contributed by atoms with Crippen LogP contribution in [0.4, 0.5) is 0 Å². The molecule has 0 aromatic heterocycles. The van der Waals surface area contributed by atoms with Crippen LogP contribution in [0, 0.1) is 0 Å². The highest BCUT2D eigenvalue weighted by Gasteiger charge is 2.43. The molecule has 4 heteroatoms. The molecule has 0 unspecified atom stereocenters. The number of alkyl halides is 2. The summed E-state index contributed by atoms with van der Waals surface area (Å²) in [5.41, 5.74) is 0.981. The Bertz CT molecular complexity index is 516. The lowest BCUT2D eigenvalue weighted by atomic mass is 10.0. The van der Waals surface area contributed by atoms with E-state index in [2.05, 4.69) is 21.0 Å². The van der Waals surface area contributed by atoms with E-state index in [0.29, 0.717) is 4.48 Å². The topological polar surface area (TPSA) is 0 Å². The molecule has 1 nitrogen and oxygen atoms in total. The predicted molar refractivity (Wildman–Crippen MR) is 136 cm³/mol. The van der Waals surface area contributed by atoms with Gasteiger partial charge in [-0.05, 0) is 48.2 Å². The van der Waals surface area contributed by atoms with E-state index in [1.54, 1.807) is 0 Å². The van der Waals surface area contributed by atoms with E-state index in [9.17, 15) is 0 Å². The average molecular weight is 493 g/mol. The van der Waals surface area contributed by atoms with Crippen LogP contribution in [0.2, 0.25) is 0 Å². The number of halogens is 3. The van der Waals surface area contributed by atoms with Gasteiger partial charge in [0.1, 0.15) is 0 Å². The van der Waals surface area contributed by atoms with Crippen LogP contribution in [0.15, 0.2) is 30.3 Å². The molecule has 0 spiro atoms. The van der Waals surface area contributed by atoms with Gasteiger partial charge < -0.3 is 12.4 Å². The smallest absolute Gasteiger partial charge is 0.277 e. The molecule has 0 amide bonds. The second kappa shape index (κ2) is 18.5. The molecule has 1 rings (SSSR count). The lowest BCUT2D eigenvalue weighted by Gasteiger charge is -2.40. The third-order valence-corrected chi connectivity index (χ3v) is 7.80. The van der Waals surface area contributed by atoms with Gasteiger partial charge in [-0.3, -0.25) is 4.48 Å². The van der Waals surface area contributed by atoms with Crippen molar-refractivity contribution in [3.05, 3.63) is 35.9 Å². The van der Waals surface area contributed by atoms with Gasteiger partial charge in [-0.25, -0.2) is 0 Å². The summed E-state index contributed by atoms with van der Waals surface area (Å²) >= 11 is 13.5. The monoisotopic (exact) mass is 491 g/mol. The van der Waals surface area contributed by atoms with E-state index < -0.39 is 4.46 Å². The highest BCUT2D eigenvalue weighted by Crippen LogP contribution is 2.41. The molecular weight excluding hydrogens is 445 g/mol. The second-order valence-electron chi connectivity index (χ2n) is 9.62. The molecule has 0 aliphatic rings. The third kappa shape index (κ3) is 13.4. The molecule has 0 bridgehead atoms. The van der Waals surface area contributed by atoms with Crippen molar-refractivity contribution in [2.45, 2.75) is 114 Å². The molecule has 0 saturated carbocycles. The molecule has 0 N–H and O–H groups in total. The Morgan fingerprint density at radius 2 is 0.968 bits per heavy atom. The Kier molecular flexibility index (Phi) is 18.5. The van der Waals surface area contributed by atoms with Gasteiger partial charge in [0.05, 0.1) is 20.6 Å². The molecule has 182 valence electrons. The fourth-order valence-electron chi connectivity index (χ4n) is 4.18. The van der Waals surface area contributed by atoms with Crippen LogP contribution < -0.4 is 12.4 Å². The van der Waals surface area contributed by atoms with E-state index in [-0.39, 0.29) is 12.4 Å². The Balaban J connectivity index is 0.00000900. The maximum absolute atomic E-state index is 6.76. The molecule has 31 heavy (non-hydrogen) atoms. The molecule has 0 radical (unpaired) electrons. The van der Waals surface area contributed by atoms with Crippen LogP contribution in [0.25, 0.3) is 0 Å². The fraction of sp³-hybridized carbons (Fsp3) is 0.778. The Hall–Kier alpha value is 0.0500. The summed E-state index contributed by atoms with van der Waals surface area (Å²) in [7, 11) is 4.27. The number of nitrogens with zero attached hydrogens (tertiary/aromatic N) is 1. The van der Waals surface area contributed by atoms with Gasteiger partial charge in [-0.2, -0.15) is 0 Å². The zero-order valence-electron chi connectivity index (χ0n) is 20.5. The van der Waals surface area contributed by atoms with Crippen LogP contribution in [-0.2, 0) is 4.46 Å². The number of unbranched alkanes of at least 4 members (excludes halogenated alkanes) is 15. The number of rotatable bonds is 19. The standard InChI is InChI=1S/C27H48Cl2N.ClH/c1-4-5-6-7-8-9-10-11-12-13-14-15-16-17-18-22-25-30(2,3)27(28,29)26-23-20-19-21-24-26;/h19-21,23-24H,4-18,22,25H2,1-3H3;1H/q+1;/p-1. The molecule has 0 saturated heterocycles. The first-order valence-corrected chi connectivity index (χ1v) is 13.4. The lowest BCUT2D eigenvalue weighted by molar-refractivity contribution is -0.920. The van der Waals surface area contributed by atoms with Gasteiger partial charge in [0, 0.05) is 5.56 Å². The van der Waals surface area contributed by atoms with E-state index in [4.69, 9.17) is 23.2 Å². The van der Waals surface area contributed by atoms with Crippen molar-refractivity contribution in [3.63, 3.8) is 0 Å². The zero-order chi connectivity index (χ0) is 22.1. The van der Waals surface area contributed by atoms with Crippen LogP contribution in [0.1, 0.15) is 115 Å². The van der Waals surface area contributed by atoms with Crippen molar-refractivity contribution in [2.75, 3.05) is 20.6 Å². The maximum atomic E-state index is 6.76. The highest BCUT2D eigenvalue weighted by molar-refractivity contribution is 6.46. The largest absolute Gasteiger partial charge is 1.00 e. The van der Waals surface area contributed by atoms with Crippen LogP contribution in [-0.4, -0.2) is 25.1 Å². The summed E-state index contributed by atoms with van der Waals surface area (Å²) in [5, 5.41) is 0. The molecule has 1 aromatic rings. The Morgan fingerprint density at radius 1 is 0.613 bits per heavy atom. The van der Waals surface area contributed by atoms with E-state index in [0.717, 1.165) is 12.1 Å². The Morgan fingerprint density at radius 3 is 1.35 bits per heavy atom. The molecule has 0 heterocycles. The molecule has 1 aromatic carbocycles. The quantitative estimate of drug-likeness (QED) is 0.0881. The number of quaternary nitrogens is 1. The van der Waals surface area contributed by atoms with Crippen LogP contribution in [0.5, 0.6) is 0 Å². The summed E-state index contributed by atoms with van der Waals surface area (Å²) in [4.78, 5) is 0. The van der Waals surface area contributed by atoms with Crippen molar-refractivity contribution >= 4 is 23.2 Å². The molecule has 0 aliphatic heterocycles. The van der Waals surface area contributed by atoms with E-state index in [1.165, 1.54) is 103 Å². The molecule has 0 fully saturated rings. The van der Waals surface area contributed by atoms with Gasteiger partial charge in [0.2, 0.25) is 0 Å². The molecule has 0 aliphatic carbocycles. The van der Waals surface area contributed by atoms with Gasteiger partial charge in [-0.1, -0.05) is 115 Å². The van der Waals surface area contributed by atoms with Crippen molar-refractivity contribution < 1.29 is 16.9 Å². The van der Waals surface area contributed by atoms with Crippen molar-refractivity contribution in [1.29, 1.82) is 0 Å². The minimum atomic E-state index is -0.892. The minimum absolute atomic E-state index is 0. The van der Waals surface area contributed by atoms with Gasteiger partial charge in [0.25, 0.3) is 4.46 Å². The minimum Gasteiger partial charge on any atom is -1.00 e. The summed E-state index contributed by atoms with van der Waals surface area (Å²) in [6.07, 6.45) is 22.3. The number of benzene rings is 1. The van der Waals surface area contributed by atoms with Gasteiger partial charge in [-0.15, -0.1) is 0 Å². The maximum Gasteiger partial charge on any atom is 0.277 e. The first-order valence-electron chi connectivity index (χ1n) is 12.7. The molecule has 0 atom stereocenters. The van der Waals surface area contributed by atoms with Crippen molar-refractivity contribution in [2.24, 2.45) is 0 Å². The van der Waals surface area contributed by atoms with Gasteiger partial charge >= 0.3 is 0 Å². The van der Waals surface area contributed by atoms with E-state index in [1.807, 2.05) is 30.3 Å². The first kappa shape index (κ1) is 31.0.